The first-order valence-corrected chi connectivity index (χ1v) is 9.18. The molecular formula is C19H21N3O7. The number of carbonyl (C=O) groups is 1. The quantitative estimate of drug-likeness (QED) is 0.626. The second kappa shape index (κ2) is 7.47. The minimum atomic E-state index is -1.24. The maximum atomic E-state index is 12.6. The molecule has 2 saturated heterocycles. The standard InChI is InChI=1S/C19H21N3O7/c1-10-7-21(18(26)20-16(10)25)17-14(24)13-15(29-17)12(8-23)22(13)19(27)28-9-11-5-3-2-4-6-11/h2-7,12-15,17,23-24H,8-9H2,1H3,(H,20,25,26). The summed E-state index contributed by atoms with van der Waals surface area (Å²) >= 11 is 0. The zero-order valence-corrected chi connectivity index (χ0v) is 15.6. The average Bonchev–Trinajstić information content (AvgIpc) is 2.96. The number of nitrogens with zero attached hydrogens (tertiary/aromatic N) is 2. The Bertz CT molecular complexity index is 1020. The summed E-state index contributed by atoms with van der Waals surface area (Å²) in [5.41, 5.74) is -0.182. The molecule has 1 aromatic heterocycles. The van der Waals surface area contributed by atoms with Gasteiger partial charge in [-0.05, 0) is 12.5 Å². The molecule has 4 rings (SSSR count). The number of H-pyrrole nitrogens is 1. The van der Waals surface area contributed by atoms with E-state index in [1.807, 2.05) is 30.3 Å². The SMILES string of the molecule is Cc1cn(C2OC3C(CO)N(C(=O)OCc4ccccc4)C3C2O)c(=O)[nH]c1=O. The van der Waals surface area contributed by atoms with Crippen molar-refractivity contribution in [2.45, 2.75) is 44.1 Å². The van der Waals surface area contributed by atoms with E-state index in [9.17, 15) is 24.6 Å². The maximum Gasteiger partial charge on any atom is 0.410 e. The molecule has 154 valence electrons. The van der Waals surface area contributed by atoms with Crippen LogP contribution in [-0.4, -0.2) is 61.7 Å². The van der Waals surface area contributed by atoms with Crippen molar-refractivity contribution in [1.82, 2.24) is 14.5 Å². The number of likely N-dealkylation sites (tertiary alicyclic amines) is 1. The number of aryl methyl sites for hydroxylation is 1. The summed E-state index contributed by atoms with van der Waals surface area (Å²) < 4.78 is 12.2. The molecule has 2 aromatic rings. The lowest BCUT2D eigenvalue weighted by atomic mass is 9.88. The van der Waals surface area contributed by atoms with Crippen molar-refractivity contribution in [3.63, 3.8) is 0 Å². The molecule has 2 aliphatic heterocycles. The molecular weight excluding hydrogens is 382 g/mol. The number of carbonyl (C=O) groups excluding carboxylic acids is 1. The van der Waals surface area contributed by atoms with E-state index in [1.165, 1.54) is 18.0 Å². The Morgan fingerprint density at radius 1 is 1.28 bits per heavy atom. The Kier molecular flexibility index (Phi) is 4.99. The lowest BCUT2D eigenvalue weighted by Gasteiger charge is -2.49. The molecule has 1 amide bonds. The number of ether oxygens (including phenoxy) is 2. The molecule has 29 heavy (non-hydrogen) atoms. The lowest BCUT2D eigenvalue weighted by molar-refractivity contribution is -0.125. The summed E-state index contributed by atoms with van der Waals surface area (Å²) in [6, 6.07) is 7.63. The Hall–Kier alpha value is -2.95. The topological polar surface area (TPSA) is 134 Å². The molecule has 0 aliphatic carbocycles. The number of aliphatic hydroxyl groups is 2. The van der Waals surface area contributed by atoms with Crippen molar-refractivity contribution in [2.75, 3.05) is 6.61 Å². The van der Waals surface area contributed by atoms with Crippen molar-refractivity contribution < 1.29 is 24.5 Å². The average molecular weight is 403 g/mol. The third-order valence-corrected chi connectivity index (χ3v) is 5.36. The van der Waals surface area contributed by atoms with Crippen LogP contribution in [0.1, 0.15) is 17.4 Å². The Morgan fingerprint density at radius 2 is 2.00 bits per heavy atom. The van der Waals surface area contributed by atoms with Crippen molar-refractivity contribution in [3.8, 4) is 0 Å². The monoisotopic (exact) mass is 403 g/mol. The highest BCUT2D eigenvalue weighted by Gasteiger charge is 2.62. The molecule has 0 spiro atoms. The maximum absolute atomic E-state index is 12.6. The van der Waals surface area contributed by atoms with Crippen LogP contribution in [0.5, 0.6) is 0 Å². The van der Waals surface area contributed by atoms with Gasteiger partial charge in [-0.25, -0.2) is 9.59 Å². The third kappa shape index (κ3) is 3.24. The summed E-state index contributed by atoms with van der Waals surface area (Å²) in [5, 5.41) is 20.4. The largest absolute Gasteiger partial charge is 0.445 e. The third-order valence-electron chi connectivity index (χ3n) is 5.36. The highest BCUT2D eigenvalue weighted by Crippen LogP contribution is 2.43. The van der Waals surface area contributed by atoms with E-state index in [-0.39, 0.29) is 18.8 Å². The van der Waals surface area contributed by atoms with Gasteiger partial charge in [0.25, 0.3) is 5.56 Å². The minimum absolute atomic E-state index is 0.0463. The number of amides is 1. The molecule has 2 fully saturated rings. The van der Waals surface area contributed by atoms with Crippen LogP contribution in [0.4, 0.5) is 4.79 Å². The highest BCUT2D eigenvalue weighted by molar-refractivity contribution is 5.70. The summed E-state index contributed by atoms with van der Waals surface area (Å²) in [6.07, 6.45) is -2.40. The van der Waals surface area contributed by atoms with E-state index in [2.05, 4.69) is 4.98 Å². The second-order valence-electron chi connectivity index (χ2n) is 7.15. The van der Waals surface area contributed by atoms with Crippen LogP contribution in [0, 0.1) is 6.92 Å². The molecule has 0 bridgehead atoms. The molecule has 10 nitrogen and oxygen atoms in total. The van der Waals surface area contributed by atoms with Crippen molar-refractivity contribution in [3.05, 3.63) is 68.5 Å². The molecule has 0 radical (unpaired) electrons. The van der Waals surface area contributed by atoms with Crippen LogP contribution >= 0.6 is 0 Å². The fourth-order valence-electron chi connectivity index (χ4n) is 3.85. The number of aliphatic hydroxyl groups excluding tert-OH is 2. The van der Waals surface area contributed by atoms with Gasteiger partial charge in [-0.1, -0.05) is 30.3 Å². The molecule has 3 N–H and O–H groups in total. The first-order valence-electron chi connectivity index (χ1n) is 9.18. The fourth-order valence-corrected chi connectivity index (χ4v) is 3.85. The first-order chi connectivity index (χ1) is 13.9. The number of nitrogens with one attached hydrogen (secondary N) is 1. The zero-order chi connectivity index (χ0) is 20.7. The Balaban J connectivity index is 1.53. The molecule has 2 aliphatic rings. The van der Waals surface area contributed by atoms with Crippen LogP contribution in [0.2, 0.25) is 0 Å². The van der Waals surface area contributed by atoms with E-state index in [0.717, 1.165) is 10.1 Å². The van der Waals surface area contributed by atoms with Gasteiger partial charge >= 0.3 is 11.8 Å². The predicted octanol–water partition coefficient (Wildman–Crippen LogP) is -0.515. The predicted molar refractivity (Wildman–Crippen MR) is 99.1 cm³/mol. The Labute approximate surface area is 164 Å². The number of fused-ring (bicyclic) bond motifs is 1. The van der Waals surface area contributed by atoms with Crippen LogP contribution in [-0.2, 0) is 16.1 Å². The van der Waals surface area contributed by atoms with E-state index in [4.69, 9.17) is 9.47 Å². The molecule has 3 heterocycles. The van der Waals surface area contributed by atoms with Gasteiger partial charge in [-0.15, -0.1) is 0 Å². The van der Waals surface area contributed by atoms with Crippen molar-refractivity contribution in [1.29, 1.82) is 0 Å². The van der Waals surface area contributed by atoms with Crippen molar-refractivity contribution in [2.24, 2.45) is 0 Å². The summed E-state index contributed by atoms with van der Waals surface area (Å²) in [5.74, 6) is 0. The second-order valence-corrected chi connectivity index (χ2v) is 7.15. The van der Waals surface area contributed by atoms with Gasteiger partial charge in [-0.2, -0.15) is 0 Å². The van der Waals surface area contributed by atoms with E-state index >= 15 is 0 Å². The van der Waals surface area contributed by atoms with E-state index < -0.39 is 47.9 Å². The van der Waals surface area contributed by atoms with Crippen LogP contribution in [0.3, 0.4) is 0 Å². The minimum Gasteiger partial charge on any atom is -0.445 e. The van der Waals surface area contributed by atoms with E-state index in [1.54, 1.807) is 0 Å². The van der Waals surface area contributed by atoms with Gasteiger partial charge in [-0.3, -0.25) is 19.2 Å². The van der Waals surface area contributed by atoms with Gasteiger partial charge in [0.05, 0.1) is 18.7 Å². The van der Waals surface area contributed by atoms with Crippen LogP contribution < -0.4 is 11.2 Å². The molecule has 10 heteroatoms. The number of benzene rings is 1. The normalized spacial score (nSPS) is 28.0. The smallest absolute Gasteiger partial charge is 0.410 e. The number of aromatic nitrogens is 2. The van der Waals surface area contributed by atoms with E-state index in [0.29, 0.717) is 0 Å². The van der Waals surface area contributed by atoms with Gasteiger partial charge in [0.2, 0.25) is 0 Å². The lowest BCUT2D eigenvalue weighted by Crippen LogP contribution is -2.71. The molecule has 1 aromatic carbocycles. The van der Waals surface area contributed by atoms with Gasteiger partial charge < -0.3 is 19.7 Å². The molecule has 0 saturated carbocycles. The van der Waals surface area contributed by atoms with Crippen molar-refractivity contribution >= 4 is 6.09 Å². The van der Waals surface area contributed by atoms with Crippen LogP contribution in [0.15, 0.2) is 46.1 Å². The number of hydrogen-bond acceptors (Lipinski definition) is 7. The molecule has 5 atom stereocenters. The fraction of sp³-hybridized carbons (Fsp3) is 0.421. The number of aromatic amines is 1. The summed E-state index contributed by atoms with van der Waals surface area (Å²) in [6.45, 7) is 1.18. The summed E-state index contributed by atoms with van der Waals surface area (Å²) in [4.78, 5) is 39.7. The van der Waals surface area contributed by atoms with Crippen LogP contribution in [0.25, 0.3) is 0 Å². The van der Waals surface area contributed by atoms with Gasteiger partial charge in [0.15, 0.2) is 6.23 Å². The number of rotatable bonds is 4. The summed E-state index contributed by atoms with van der Waals surface area (Å²) in [7, 11) is 0. The van der Waals surface area contributed by atoms with Gasteiger partial charge in [0.1, 0.15) is 18.8 Å². The van der Waals surface area contributed by atoms with Gasteiger partial charge in [0, 0.05) is 11.8 Å². The highest BCUT2D eigenvalue weighted by atomic mass is 16.6. The number of hydrogen-bond donors (Lipinski definition) is 3. The first kappa shape index (κ1) is 19.4. The zero-order valence-electron chi connectivity index (χ0n) is 15.6. The molecule has 5 unspecified atom stereocenters. The Morgan fingerprint density at radius 3 is 2.69 bits per heavy atom.